The molecule has 0 radical (unpaired) electrons. The minimum Gasteiger partial charge on any atom is -0.208 e. The van der Waals surface area contributed by atoms with Crippen molar-refractivity contribution in [3.05, 3.63) is 152 Å². The molecular weight excluding hydrogens is 543 g/mol. The zero-order valence-corrected chi connectivity index (χ0v) is 24.0. The van der Waals surface area contributed by atoms with Crippen LogP contribution in [0.5, 0.6) is 0 Å². The van der Waals surface area contributed by atoms with Crippen LogP contribution < -0.4 is 0 Å². The Morgan fingerprint density at radius 3 is 1.40 bits per heavy atom. The number of rotatable bonds is 5. The molecule has 0 aliphatic heterocycles. The van der Waals surface area contributed by atoms with Crippen molar-refractivity contribution in [2.45, 2.75) is 0 Å². The molecule has 0 fully saturated rings. The fourth-order valence-electron chi connectivity index (χ4n) is 5.53. The van der Waals surface area contributed by atoms with E-state index in [0.29, 0.717) is 17.5 Å². The number of nitrogens with zero attached hydrogens (tertiary/aromatic N) is 3. The summed E-state index contributed by atoms with van der Waals surface area (Å²) in [6, 6.07) is 52.9. The largest absolute Gasteiger partial charge is 0.208 e. The molecule has 8 aromatic rings. The molecule has 3 nitrogen and oxygen atoms in total. The zero-order chi connectivity index (χ0) is 28.6. The number of aromatic nitrogens is 3. The van der Waals surface area contributed by atoms with Gasteiger partial charge in [-0.3, -0.25) is 0 Å². The average Bonchev–Trinajstić information content (AvgIpc) is 3.47. The third-order valence-corrected chi connectivity index (χ3v) is 8.90. The molecule has 43 heavy (non-hydrogen) atoms. The molecule has 0 unspecified atom stereocenters. The number of fused-ring (bicyclic) bond motifs is 3. The summed E-state index contributed by atoms with van der Waals surface area (Å²) < 4.78 is 2.65. The maximum atomic E-state index is 4.88. The van der Waals surface area contributed by atoms with E-state index in [0.717, 1.165) is 22.3 Å². The highest BCUT2D eigenvalue weighted by atomic mass is 32.1. The van der Waals surface area contributed by atoms with Crippen LogP contribution in [0.4, 0.5) is 0 Å². The van der Waals surface area contributed by atoms with Crippen LogP contribution in [0.1, 0.15) is 0 Å². The van der Waals surface area contributed by atoms with Gasteiger partial charge in [-0.2, -0.15) is 0 Å². The van der Waals surface area contributed by atoms with Gasteiger partial charge in [0.1, 0.15) is 0 Å². The number of thiophene rings is 1. The second-order valence-electron chi connectivity index (χ2n) is 10.5. The second-order valence-corrected chi connectivity index (χ2v) is 11.6. The van der Waals surface area contributed by atoms with Crippen molar-refractivity contribution in [2.24, 2.45) is 0 Å². The summed E-state index contributed by atoms with van der Waals surface area (Å²) in [6.07, 6.45) is 0. The summed E-state index contributed by atoms with van der Waals surface area (Å²) in [5, 5.41) is 2.63. The number of benzene rings is 6. The molecular formula is C39H25N3S. The first kappa shape index (κ1) is 25.3. The Morgan fingerprint density at radius 1 is 0.302 bits per heavy atom. The summed E-state index contributed by atoms with van der Waals surface area (Å²) in [5.41, 5.74) is 7.62. The maximum absolute atomic E-state index is 4.88. The molecule has 0 aliphatic rings. The average molecular weight is 568 g/mol. The van der Waals surface area contributed by atoms with Crippen LogP contribution in [-0.2, 0) is 0 Å². The van der Waals surface area contributed by atoms with Crippen LogP contribution in [0.25, 0.3) is 76.6 Å². The lowest BCUT2D eigenvalue weighted by Crippen LogP contribution is -2.00. The second kappa shape index (κ2) is 10.8. The predicted molar refractivity (Wildman–Crippen MR) is 180 cm³/mol. The zero-order valence-electron chi connectivity index (χ0n) is 23.2. The summed E-state index contributed by atoms with van der Waals surface area (Å²) in [5.74, 6) is 1.98. The van der Waals surface area contributed by atoms with Gasteiger partial charge in [-0.05, 0) is 46.5 Å². The van der Waals surface area contributed by atoms with E-state index in [1.165, 1.54) is 36.9 Å². The van der Waals surface area contributed by atoms with Gasteiger partial charge in [0.05, 0.1) is 0 Å². The van der Waals surface area contributed by atoms with Gasteiger partial charge in [0.2, 0.25) is 0 Å². The molecule has 202 valence electrons. The lowest BCUT2D eigenvalue weighted by Gasteiger charge is -2.10. The van der Waals surface area contributed by atoms with E-state index in [-0.39, 0.29) is 0 Å². The van der Waals surface area contributed by atoms with Crippen LogP contribution in [0.3, 0.4) is 0 Å². The Balaban J connectivity index is 1.15. The van der Waals surface area contributed by atoms with E-state index in [4.69, 9.17) is 15.0 Å². The minimum absolute atomic E-state index is 0.657. The van der Waals surface area contributed by atoms with Crippen molar-refractivity contribution in [3.8, 4) is 56.4 Å². The molecule has 0 N–H and O–H groups in total. The summed E-state index contributed by atoms with van der Waals surface area (Å²) in [6.45, 7) is 0. The summed E-state index contributed by atoms with van der Waals surface area (Å²) >= 11 is 1.85. The van der Waals surface area contributed by atoms with Gasteiger partial charge in [-0.25, -0.2) is 15.0 Å². The molecule has 0 aliphatic carbocycles. The van der Waals surface area contributed by atoms with Crippen molar-refractivity contribution in [3.63, 3.8) is 0 Å². The maximum Gasteiger partial charge on any atom is 0.164 e. The van der Waals surface area contributed by atoms with Crippen LogP contribution in [-0.4, -0.2) is 15.0 Å². The number of hydrogen-bond donors (Lipinski definition) is 0. The Morgan fingerprint density at radius 2 is 0.744 bits per heavy atom. The Bertz CT molecular complexity index is 2160. The Kier molecular flexibility index (Phi) is 6.32. The topological polar surface area (TPSA) is 38.7 Å². The first-order chi connectivity index (χ1) is 21.3. The standard InChI is InChI=1S/C39H25N3S/c1-3-10-27(11-4-1)37-40-38(28-12-5-2-6-13-28)42-39(41-37)29-20-18-26(19-21-29)30-14-9-15-31(24-30)32-22-23-36-34(25-32)33-16-7-8-17-35(33)43-36/h1-25H. The van der Waals surface area contributed by atoms with Crippen LogP contribution >= 0.6 is 11.3 Å². The number of hydrogen-bond acceptors (Lipinski definition) is 4. The molecule has 2 aromatic heterocycles. The van der Waals surface area contributed by atoms with Crippen molar-refractivity contribution in [2.75, 3.05) is 0 Å². The van der Waals surface area contributed by atoms with E-state index >= 15 is 0 Å². The third kappa shape index (κ3) is 4.88. The van der Waals surface area contributed by atoms with Crippen LogP contribution in [0, 0.1) is 0 Å². The van der Waals surface area contributed by atoms with E-state index in [9.17, 15) is 0 Å². The SMILES string of the molecule is c1ccc(-c2nc(-c3ccccc3)nc(-c3ccc(-c4cccc(-c5ccc6sc7ccccc7c6c5)c4)cc3)n2)cc1. The van der Waals surface area contributed by atoms with Gasteiger partial charge < -0.3 is 0 Å². The fourth-order valence-corrected chi connectivity index (χ4v) is 6.62. The third-order valence-electron chi connectivity index (χ3n) is 7.75. The summed E-state index contributed by atoms with van der Waals surface area (Å²) in [7, 11) is 0. The molecule has 0 amide bonds. The Hall–Kier alpha value is -5.45. The van der Waals surface area contributed by atoms with Crippen LogP contribution in [0.2, 0.25) is 0 Å². The smallest absolute Gasteiger partial charge is 0.164 e. The highest BCUT2D eigenvalue weighted by molar-refractivity contribution is 7.25. The molecule has 4 heteroatoms. The van der Waals surface area contributed by atoms with Gasteiger partial charge in [-0.1, -0.05) is 127 Å². The van der Waals surface area contributed by atoms with Gasteiger partial charge in [0.25, 0.3) is 0 Å². The van der Waals surface area contributed by atoms with Gasteiger partial charge in [-0.15, -0.1) is 11.3 Å². The molecule has 0 saturated heterocycles. The highest BCUT2D eigenvalue weighted by Crippen LogP contribution is 2.37. The van der Waals surface area contributed by atoms with E-state index in [2.05, 4.69) is 91.0 Å². The fraction of sp³-hybridized carbons (Fsp3) is 0. The lowest BCUT2D eigenvalue weighted by atomic mass is 9.97. The van der Waals surface area contributed by atoms with Gasteiger partial charge >= 0.3 is 0 Å². The first-order valence-electron chi connectivity index (χ1n) is 14.3. The first-order valence-corrected chi connectivity index (χ1v) is 15.1. The lowest BCUT2D eigenvalue weighted by molar-refractivity contribution is 1.07. The molecule has 0 atom stereocenters. The monoisotopic (exact) mass is 567 g/mol. The molecule has 6 aromatic carbocycles. The van der Waals surface area contributed by atoms with Crippen molar-refractivity contribution >= 4 is 31.5 Å². The highest BCUT2D eigenvalue weighted by Gasteiger charge is 2.13. The molecule has 2 heterocycles. The van der Waals surface area contributed by atoms with Gasteiger partial charge in [0.15, 0.2) is 17.5 Å². The van der Waals surface area contributed by atoms with Crippen molar-refractivity contribution in [1.29, 1.82) is 0 Å². The van der Waals surface area contributed by atoms with E-state index in [1.807, 2.05) is 72.0 Å². The molecule has 0 spiro atoms. The summed E-state index contributed by atoms with van der Waals surface area (Å²) in [4.78, 5) is 14.6. The predicted octanol–water partition coefficient (Wildman–Crippen LogP) is 10.6. The minimum atomic E-state index is 0.657. The van der Waals surface area contributed by atoms with Gasteiger partial charge in [0, 0.05) is 36.9 Å². The normalized spacial score (nSPS) is 11.3. The van der Waals surface area contributed by atoms with Crippen molar-refractivity contribution in [1.82, 2.24) is 15.0 Å². The van der Waals surface area contributed by atoms with E-state index in [1.54, 1.807) is 0 Å². The quantitative estimate of drug-likeness (QED) is 0.208. The molecule has 0 saturated carbocycles. The van der Waals surface area contributed by atoms with Crippen LogP contribution in [0.15, 0.2) is 152 Å². The van der Waals surface area contributed by atoms with E-state index < -0.39 is 0 Å². The molecule has 8 rings (SSSR count). The van der Waals surface area contributed by atoms with Crippen molar-refractivity contribution < 1.29 is 0 Å². The molecule has 0 bridgehead atoms. The Labute approximate surface area is 253 Å².